The predicted octanol–water partition coefficient (Wildman–Crippen LogP) is 0.155. The van der Waals surface area contributed by atoms with Crippen molar-refractivity contribution in [2.45, 2.75) is 19.4 Å². The maximum atomic E-state index is 12.6. The lowest BCUT2D eigenvalue weighted by Gasteiger charge is -2.33. The highest BCUT2D eigenvalue weighted by atomic mass is 16.5. The monoisotopic (exact) mass is 291 g/mol. The number of methoxy groups -OCH3 is 1. The summed E-state index contributed by atoms with van der Waals surface area (Å²) in [6.45, 7) is 1.63. The van der Waals surface area contributed by atoms with Gasteiger partial charge in [-0.15, -0.1) is 0 Å². The van der Waals surface area contributed by atoms with Crippen LogP contribution in [0.25, 0.3) is 0 Å². The molecule has 1 aliphatic rings. The number of anilines is 1. The number of rotatable bonds is 3. The van der Waals surface area contributed by atoms with Crippen molar-refractivity contribution in [3.8, 4) is 5.75 Å². The molecule has 1 fully saturated rings. The highest BCUT2D eigenvalue weighted by molar-refractivity contribution is 6.07. The third-order valence-electron chi connectivity index (χ3n) is 3.31. The van der Waals surface area contributed by atoms with E-state index in [1.807, 2.05) is 0 Å². The van der Waals surface area contributed by atoms with E-state index in [1.165, 1.54) is 24.1 Å². The molecule has 2 rings (SSSR count). The van der Waals surface area contributed by atoms with Gasteiger partial charge in [-0.1, -0.05) is 6.92 Å². The molecule has 1 unspecified atom stereocenters. The number of carbonyl (C=O) groups is 3. The van der Waals surface area contributed by atoms with E-state index >= 15 is 0 Å². The number of carbonyl (C=O) groups excluding carboxylic acids is 3. The first-order valence-corrected chi connectivity index (χ1v) is 6.55. The van der Waals surface area contributed by atoms with Crippen molar-refractivity contribution in [2.75, 3.05) is 19.4 Å². The maximum Gasteiger partial charge on any atom is 0.255 e. The van der Waals surface area contributed by atoms with Crippen LogP contribution in [-0.2, 0) is 9.59 Å². The second-order valence-electron chi connectivity index (χ2n) is 4.76. The third kappa shape index (κ3) is 2.96. The van der Waals surface area contributed by atoms with Gasteiger partial charge in [-0.25, -0.2) is 0 Å². The lowest BCUT2D eigenvalue weighted by atomic mass is 10.1. The summed E-state index contributed by atoms with van der Waals surface area (Å²) in [5, 5.41) is 2.23. The molecule has 7 heteroatoms. The van der Waals surface area contributed by atoms with Crippen LogP contribution in [0, 0.1) is 0 Å². The van der Waals surface area contributed by atoms with Crippen LogP contribution in [0.1, 0.15) is 23.7 Å². The number of hydrogen-bond acceptors (Lipinski definition) is 5. The summed E-state index contributed by atoms with van der Waals surface area (Å²) in [6.07, 6.45) is 0.421. The number of nitrogens with two attached hydrogens (primary N) is 1. The molecule has 0 aromatic heterocycles. The van der Waals surface area contributed by atoms with Gasteiger partial charge < -0.3 is 15.4 Å². The van der Waals surface area contributed by atoms with Crippen LogP contribution in [0.15, 0.2) is 18.2 Å². The van der Waals surface area contributed by atoms with Gasteiger partial charge in [-0.2, -0.15) is 0 Å². The molecule has 0 aliphatic carbocycles. The van der Waals surface area contributed by atoms with E-state index in [9.17, 15) is 14.4 Å². The summed E-state index contributed by atoms with van der Waals surface area (Å²) in [6, 6.07) is 3.95. The number of piperazine rings is 1. The minimum atomic E-state index is -0.664. The third-order valence-corrected chi connectivity index (χ3v) is 3.31. The van der Waals surface area contributed by atoms with Crippen LogP contribution in [0.4, 0.5) is 5.69 Å². The van der Waals surface area contributed by atoms with Gasteiger partial charge in [0, 0.05) is 17.3 Å². The van der Waals surface area contributed by atoms with Crippen LogP contribution < -0.4 is 15.8 Å². The lowest BCUT2D eigenvalue weighted by Crippen LogP contribution is -2.59. The van der Waals surface area contributed by atoms with Gasteiger partial charge in [0.15, 0.2) is 0 Å². The molecule has 1 atom stereocenters. The van der Waals surface area contributed by atoms with Gasteiger partial charge in [0.25, 0.3) is 5.91 Å². The number of ether oxygens (including phenoxy) is 1. The van der Waals surface area contributed by atoms with Crippen LogP contribution in [0.5, 0.6) is 5.75 Å². The number of hydrogen-bond donors (Lipinski definition) is 2. The molecule has 1 aromatic rings. The molecule has 21 heavy (non-hydrogen) atoms. The smallest absolute Gasteiger partial charge is 0.255 e. The zero-order chi connectivity index (χ0) is 15.6. The van der Waals surface area contributed by atoms with Crippen molar-refractivity contribution in [1.82, 2.24) is 10.2 Å². The topological polar surface area (TPSA) is 102 Å². The Labute approximate surface area is 122 Å². The zero-order valence-corrected chi connectivity index (χ0v) is 11.9. The summed E-state index contributed by atoms with van der Waals surface area (Å²) in [5.41, 5.74) is 6.39. The van der Waals surface area contributed by atoms with Gasteiger partial charge in [-0.05, 0) is 18.6 Å². The molecule has 1 saturated heterocycles. The van der Waals surface area contributed by atoms with Crippen molar-refractivity contribution in [3.05, 3.63) is 23.8 Å². The molecule has 3 amide bonds. The first kappa shape index (κ1) is 14.8. The number of nitrogen functional groups attached to an aromatic ring is 1. The highest BCUT2D eigenvalue weighted by Crippen LogP contribution is 2.21. The van der Waals surface area contributed by atoms with E-state index in [-0.39, 0.29) is 12.1 Å². The SMILES string of the molecule is CCC1C(=O)NC(=O)CN1C(=O)c1cc(N)cc(OC)c1. The van der Waals surface area contributed by atoms with E-state index in [0.29, 0.717) is 17.9 Å². The van der Waals surface area contributed by atoms with Gasteiger partial charge in [0.1, 0.15) is 18.3 Å². The van der Waals surface area contributed by atoms with Crippen LogP contribution in [0.3, 0.4) is 0 Å². The normalized spacial score (nSPS) is 18.4. The van der Waals surface area contributed by atoms with Crippen molar-refractivity contribution in [2.24, 2.45) is 0 Å². The van der Waals surface area contributed by atoms with Gasteiger partial charge in [0.2, 0.25) is 11.8 Å². The van der Waals surface area contributed by atoms with E-state index in [0.717, 1.165) is 0 Å². The van der Waals surface area contributed by atoms with Crippen molar-refractivity contribution in [3.63, 3.8) is 0 Å². The molecule has 0 bridgehead atoms. The summed E-state index contributed by atoms with van der Waals surface area (Å²) in [4.78, 5) is 37.1. The molecular formula is C14H17N3O4. The molecule has 112 valence electrons. The Kier molecular flexibility index (Phi) is 4.11. The molecule has 0 radical (unpaired) electrons. The van der Waals surface area contributed by atoms with E-state index in [4.69, 9.17) is 10.5 Å². The van der Waals surface area contributed by atoms with Crippen LogP contribution >= 0.6 is 0 Å². The van der Waals surface area contributed by atoms with Crippen LogP contribution in [-0.4, -0.2) is 42.3 Å². The summed E-state index contributed by atoms with van der Waals surface area (Å²) in [5.74, 6) is -0.929. The first-order chi connectivity index (χ1) is 9.96. The Morgan fingerprint density at radius 2 is 2.14 bits per heavy atom. The Hall–Kier alpha value is -2.57. The number of benzene rings is 1. The van der Waals surface area contributed by atoms with Crippen molar-refractivity contribution >= 4 is 23.4 Å². The Balaban J connectivity index is 2.35. The van der Waals surface area contributed by atoms with E-state index < -0.39 is 23.8 Å². The number of nitrogens with one attached hydrogen (secondary N) is 1. The Morgan fingerprint density at radius 1 is 1.43 bits per heavy atom. The van der Waals surface area contributed by atoms with Gasteiger partial charge in [0.05, 0.1) is 7.11 Å². The minimum absolute atomic E-state index is 0.153. The molecule has 7 nitrogen and oxygen atoms in total. The second kappa shape index (κ2) is 5.82. The number of amides is 3. The Bertz CT molecular complexity index is 600. The van der Waals surface area contributed by atoms with E-state index in [1.54, 1.807) is 13.0 Å². The lowest BCUT2D eigenvalue weighted by molar-refractivity contribution is -0.138. The molecule has 1 aromatic carbocycles. The molecule has 1 aliphatic heterocycles. The zero-order valence-electron chi connectivity index (χ0n) is 11.9. The number of imide groups is 1. The maximum absolute atomic E-state index is 12.6. The standard InChI is InChI=1S/C14H17N3O4/c1-3-11-13(19)16-12(18)7-17(11)14(20)8-4-9(15)6-10(5-8)21-2/h4-6,11H,3,7,15H2,1-2H3,(H,16,18,19). The minimum Gasteiger partial charge on any atom is -0.497 e. The average Bonchev–Trinajstić information content (AvgIpc) is 2.45. The van der Waals surface area contributed by atoms with Gasteiger partial charge >= 0.3 is 0 Å². The van der Waals surface area contributed by atoms with Crippen LogP contribution in [0.2, 0.25) is 0 Å². The highest BCUT2D eigenvalue weighted by Gasteiger charge is 2.36. The molecule has 1 heterocycles. The fourth-order valence-electron chi connectivity index (χ4n) is 2.32. The number of nitrogens with zero attached hydrogens (tertiary/aromatic N) is 1. The quantitative estimate of drug-likeness (QED) is 0.610. The summed E-state index contributed by atoms with van der Waals surface area (Å²) >= 11 is 0. The largest absolute Gasteiger partial charge is 0.497 e. The molecular weight excluding hydrogens is 274 g/mol. The first-order valence-electron chi connectivity index (χ1n) is 6.55. The van der Waals surface area contributed by atoms with Crippen molar-refractivity contribution < 1.29 is 19.1 Å². The second-order valence-corrected chi connectivity index (χ2v) is 4.76. The fraction of sp³-hybridized carbons (Fsp3) is 0.357. The molecule has 0 spiro atoms. The molecule has 3 N–H and O–H groups in total. The Morgan fingerprint density at radius 3 is 2.76 bits per heavy atom. The molecule has 0 saturated carbocycles. The average molecular weight is 291 g/mol. The van der Waals surface area contributed by atoms with Gasteiger partial charge in [-0.3, -0.25) is 19.7 Å². The summed E-state index contributed by atoms with van der Waals surface area (Å²) < 4.78 is 5.07. The van der Waals surface area contributed by atoms with E-state index in [2.05, 4.69) is 5.32 Å². The predicted molar refractivity (Wildman–Crippen MR) is 75.7 cm³/mol. The van der Waals surface area contributed by atoms with Crippen molar-refractivity contribution in [1.29, 1.82) is 0 Å². The summed E-state index contributed by atoms with van der Waals surface area (Å²) in [7, 11) is 1.47. The fourth-order valence-corrected chi connectivity index (χ4v) is 2.32.